The van der Waals surface area contributed by atoms with Crippen LogP contribution in [0.15, 0.2) is 0 Å². The Morgan fingerprint density at radius 1 is 1.35 bits per heavy atom. The number of quaternary nitrogens is 1. The highest BCUT2D eigenvalue weighted by atomic mass is 35.5. The van der Waals surface area contributed by atoms with E-state index in [0.717, 1.165) is 0 Å². The summed E-state index contributed by atoms with van der Waals surface area (Å²) in [5.41, 5.74) is 0. The molecule has 0 aromatic heterocycles. The molecule has 0 aliphatic rings. The minimum Gasteiger partial charge on any atom is -1.00 e. The lowest BCUT2D eigenvalue weighted by atomic mass is 10.5. The molecule has 0 rings (SSSR count). The molecule has 0 aliphatic heterocycles. The third kappa shape index (κ3) is 10.9. The molecule has 0 amide bonds. The van der Waals surface area contributed by atoms with Crippen molar-refractivity contribution in [3.8, 4) is 0 Å². The number of hydrogen-bond donors (Lipinski definition) is 0. The van der Waals surface area contributed by atoms with E-state index < -0.39 is 23.8 Å². The minimum atomic E-state index is -4.87. The molecule has 2 unspecified atom stereocenters. The van der Waals surface area contributed by atoms with Gasteiger partial charge in [-0.2, -0.15) is 13.2 Å². The van der Waals surface area contributed by atoms with Gasteiger partial charge >= 0.3 is 6.18 Å². The first kappa shape index (κ1) is 19.4. The summed E-state index contributed by atoms with van der Waals surface area (Å²) in [5.74, 6) is 0. The van der Waals surface area contributed by atoms with Crippen molar-refractivity contribution in [3.63, 3.8) is 0 Å². The molecular weight excluding hydrogens is 287 g/mol. The van der Waals surface area contributed by atoms with Gasteiger partial charge in [0.2, 0.25) is 0 Å². The second kappa shape index (κ2) is 7.49. The average Bonchev–Trinajstić information content (AvgIpc) is 1.97. The maximum atomic E-state index is 12.2. The van der Waals surface area contributed by atoms with Crippen molar-refractivity contribution in [2.75, 3.05) is 34.3 Å². The fourth-order valence-electron chi connectivity index (χ4n) is 0.682. The van der Waals surface area contributed by atoms with Crippen molar-refractivity contribution in [1.29, 1.82) is 0 Å². The second-order valence-corrected chi connectivity index (χ2v) is 4.66. The zero-order valence-electron chi connectivity index (χ0n) is 9.49. The zero-order chi connectivity index (χ0) is 13.0. The first-order chi connectivity index (χ1) is 7.02. The fraction of sp³-hybridized carbons (Fsp3) is 1.00. The van der Waals surface area contributed by atoms with Crippen molar-refractivity contribution in [2.24, 2.45) is 0 Å². The van der Waals surface area contributed by atoms with E-state index in [1.54, 1.807) is 21.1 Å². The van der Waals surface area contributed by atoms with Crippen LogP contribution in [0.1, 0.15) is 0 Å². The Bertz CT molecular complexity index is 246. The summed E-state index contributed by atoms with van der Waals surface area (Å²) < 4.78 is 64.9. The molecule has 10 heteroatoms. The molecule has 0 aliphatic carbocycles. The second-order valence-electron chi connectivity index (χ2n) is 4.06. The van der Waals surface area contributed by atoms with Crippen molar-refractivity contribution in [1.82, 2.24) is 0 Å². The van der Waals surface area contributed by atoms with E-state index in [-0.39, 0.29) is 19.0 Å². The lowest BCUT2D eigenvalue weighted by Gasteiger charge is -2.26. The average molecular weight is 301 g/mol. The highest BCUT2D eigenvalue weighted by molar-refractivity contribution is 7.74. The van der Waals surface area contributed by atoms with Gasteiger partial charge in [0.15, 0.2) is 0 Å². The van der Waals surface area contributed by atoms with E-state index in [1.807, 2.05) is 0 Å². The predicted molar refractivity (Wildman–Crippen MR) is 48.7 cm³/mol. The number of halogens is 4. The van der Waals surface area contributed by atoms with Crippen LogP contribution < -0.4 is 12.4 Å². The summed E-state index contributed by atoms with van der Waals surface area (Å²) >= 11 is -3.27. The Labute approximate surface area is 106 Å². The number of rotatable bonds is 6. The molecule has 0 radical (unpaired) electrons. The monoisotopic (exact) mass is 300 g/mol. The van der Waals surface area contributed by atoms with E-state index in [1.165, 1.54) is 0 Å². The maximum absolute atomic E-state index is 12.2. The van der Waals surface area contributed by atoms with Crippen LogP contribution in [0.4, 0.5) is 13.2 Å². The van der Waals surface area contributed by atoms with Crippen LogP contribution in [-0.2, 0) is 20.3 Å². The van der Waals surface area contributed by atoms with Crippen LogP contribution in [0, 0.1) is 0 Å². The molecule has 0 saturated heterocycles. The topological polar surface area (TPSA) is 58.6 Å². The van der Waals surface area contributed by atoms with Crippen LogP contribution >= 0.6 is 0 Å². The number of likely N-dealkylation sites (N-methyl/N-ethyl adjacent to an activating group) is 1. The largest absolute Gasteiger partial charge is 1.00 e. The van der Waals surface area contributed by atoms with Crippen LogP contribution in [0.3, 0.4) is 0 Å². The van der Waals surface area contributed by atoms with Gasteiger partial charge in [0.1, 0.15) is 6.54 Å². The first-order valence-corrected chi connectivity index (χ1v) is 5.27. The molecule has 2 atom stereocenters. The summed E-state index contributed by atoms with van der Waals surface area (Å²) in [6, 6.07) is 0. The molecule has 5 nitrogen and oxygen atoms in total. The fourth-order valence-corrected chi connectivity index (χ4v) is 0.989. The SMILES string of the molecule is C[N+](C)(C)CCOC(OS(=O)[O-])C(F)(F)F.[Cl-]. The van der Waals surface area contributed by atoms with Gasteiger partial charge in [0, 0.05) is 0 Å². The first-order valence-electron chi connectivity index (χ1n) is 4.27. The van der Waals surface area contributed by atoms with Crippen molar-refractivity contribution >= 4 is 11.4 Å². The molecule has 0 fully saturated rings. The molecule has 0 bridgehead atoms. The van der Waals surface area contributed by atoms with Gasteiger partial charge in [-0.15, -0.1) is 0 Å². The summed E-state index contributed by atoms with van der Waals surface area (Å²) in [4.78, 5) is 0. The lowest BCUT2D eigenvalue weighted by molar-refractivity contribution is -0.871. The third-order valence-corrected chi connectivity index (χ3v) is 1.80. The number of hydrogen-bond acceptors (Lipinski definition) is 4. The lowest BCUT2D eigenvalue weighted by Crippen LogP contribution is -3.00. The molecule has 0 N–H and O–H groups in total. The van der Waals surface area contributed by atoms with Gasteiger partial charge < -0.3 is 26.2 Å². The maximum Gasteiger partial charge on any atom is 0.441 e. The molecule has 0 heterocycles. The van der Waals surface area contributed by atoms with E-state index >= 15 is 0 Å². The Balaban J connectivity index is 0. The van der Waals surface area contributed by atoms with E-state index in [4.69, 9.17) is 0 Å². The Morgan fingerprint density at radius 3 is 2.12 bits per heavy atom. The highest BCUT2D eigenvalue weighted by Gasteiger charge is 2.42. The van der Waals surface area contributed by atoms with Crippen molar-refractivity contribution in [2.45, 2.75) is 12.5 Å². The molecule has 0 saturated carbocycles. The number of alkyl halides is 3. The molecule has 0 spiro atoms. The molecule has 106 valence electrons. The Morgan fingerprint density at radius 2 is 1.82 bits per heavy atom. The van der Waals surface area contributed by atoms with Crippen molar-refractivity contribution < 1.29 is 47.7 Å². The van der Waals surface area contributed by atoms with E-state index in [2.05, 4.69) is 8.92 Å². The number of ether oxygens (including phenoxy) is 1. The van der Waals surface area contributed by atoms with E-state index in [0.29, 0.717) is 11.0 Å². The van der Waals surface area contributed by atoms with Crippen LogP contribution in [0.2, 0.25) is 0 Å². The number of nitrogens with zero attached hydrogens (tertiary/aromatic N) is 1. The standard InChI is InChI=1S/C7H14F3NO4S.ClH/c1-11(2,3)4-5-14-6(7(8,9)10)15-16(12)13;/h6H,4-5H2,1-3H3;1H/p-1. The van der Waals surface area contributed by atoms with Crippen LogP contribution in [0.25, 0.3) is 0 Å². The van der Waals surface area contributed by atoms with E-state index in [9.17, 15) is 21.9 Å². The predicted octanol–water partition coefficient (Wildman–Crippen LogP) is -2.59. The van der Waals surface area contributed by atoms with Crippen molar-refractivity contribution in [3.05, 3.63) is 0 Å². The minimum absolute atomic E-state index is 0. The van der Waals surface area contributed by atoms with Crippen LogP contribution in [0.5, 0.6) is 0 Å². The third-order valence-electron chi connectivity index (χ3n) is 1.46. The van der Waals surface area contributed by atoms with Gasteiger partial charge in [-0.05, 0) is 0 Å². The molecule has 0 aromatic carbocycles. The normalized spacial score (nSPS) is 16.2. The highest BCUT2D eigenvalue weighted by Crippen LogP contribution is 2.24. The smallest absolute Gasteiger partial charge is 0.441 e. The summed E-state index contributed by atoms with van der Waals surface area (Å²) in [7, 11) is 5.29. The Hall–Kier alpha value is 0.0700. The quantitative estimate of drug-likeness (QED) is 0.307. The van der Waals surface area contributed by atoms with Gasteiger partial charge in [-0.3, -0.25) is 4.18 Å². The summed E-state index contributed by atoms with van der Waals surface area (Å²) in [5, 5.41) is 0. The Kier molecular flexibility index (Phi) is 8.56. The van der Waals surface area contributed by atoms with Gasteiger partial charge in [0.05, 0.1) is 39.1 Å². The molecule has 0 aromatic rings. The molecular formula is C7H14ClF3NO4S-. The summed E-state index contributed by atoms with van der Waals surface area (Å²) in [6.45, 7) is 0.0340. The summed E-state index contributed by atoms with van der Waals surface area (Å²) in [6.07, 6.45) is -7.61. The van der Waals surface area contributed by atoms with Crippen LogP contribution in [-0.4, -0.2) is 60.0 Å². The zero-order valence-corrected chi connectivity index (χ0v) is 11.1. The molecule has 17 heavy (non-hydrogen) atoms. The van der Waals surface area contributed by atoms with Gasteiger partial charge in [-0.1, -0.05) is 0 Å². The van der Waals surface area contributed by atoms with Gasteiger partial charge in [0.25, 0.3) is 6.29 Å². The van der Waals surface area contributed by atoms with Gasteiger partial charge in [-0.25, -0.2) is 4.21 Å².